The lowest BCUT2D eigenvalue weighted by molar-refractivity contribution is -0.140. The Balaban J connectivity index is 1.75. The summed E-state index contributed by atoms with van der Waals surface area (Å²) < 4.78 is 22.0. The summed E-state index contributed by atoms with van der Waals surface area (Å²) in [5.74, 6) is 0.142. The van der Waals surface area contributed by atoms with Crippen LogP contribution in [0.4, 0.5) is 0 Å². The average Bonchev–Trinajstić information content (AvgIpc) is 3.12. The molecule has 0 aromatic heterocycles. The number of Topliss-reactive ketones (excluding diaryl/α,β-unsaturated/α-hetero) is 1. The molecular formula is C26H29NO7. The van der Waals surface area contributed by atoms with Gasteiger partial charge in [0.25, 0.3) is 11.7 Å². The molecule has 8 nitrogen and oxygen atoms in total. The molecule has 1 fully saturated rings. The largest absolute Gasteiger partial charge is 0.507 e. The maximum absolute atomic E-state index is 13.1. The molecular weight excluding hydrogens is 438 g/mol. The van der Waals surface area contributed by atoms with Gasteiger partial charge in [0.05, 0.1) is 18.2 Å². The van der Waals surface area contributed by atoms with Crippen LogP contribution in [0.5, 0.6) is 17.2 Å². The van der Waals surface area contributed by atoms with Crippen LogP contribution in [0.2, 0.25) is 0 Å². The van der Waals surface area contributed by atoms with Crippen molar-refractivity contribution in [2.45, 2.75) is 25.8 Å². The van der Waals surface area contributed by atoms with E-state index < -0.39 is 17.7 Å². The first-order chi connectivity index (χ1) is 16.5. The first kappa shape index (κ1) is 23.6. The van der Waals surface area contributed by atoms with Gasteiger partial charge in [0.2, 0.25) is 0 Å². The molecule has 2 aliphatic rings. The number of hydrogen-bond donors (Lipinski definition) is 1. The standard InChI is InChI=1S/C26H29NO7/c1-3-12-32-19-8-5-17(6-9-19)23-22(25(29)26(30)27(23)11-4-13-31-2)24(28)18-7-10-20-21(16-18)34-15-14-33-20/h5-10,16,23,28H,3-4,11-15H2,1-2H3. The highest BCUT2D eigenvalue weighted by Crippen LogP contribution is 2.41. The minimum Gasteiger partial charge on any atom is -0.507 e. The number of aliphatic hydroxyl groups is 1. The predicted octanol–water partition coefficient (Wildman–Crippen LogP) is 3.70. The zero-order chi connectivity index (χ0) is 24.1. The van der Waals surface area contributed by atoms with E-state index in [1.54, 1.807) is 25.3 Å². The van der Waals surface area contributed by atoms with Crippen molar-refractivity contribution in [3.05, 3.63) is 59.2 Å². The van der Waals surface area contributed by atoms with Crippen molar-refractivity contribution < 1.29 is 33.6 Å². The second kappa shape index (κ2) is 10.6. The summed E-state index contributed by atoms with van der Waals surface area (Å²) in [6, 6.07) is 11.5. The van der Waals surface area contributed by atoms with Gasteiger partial charge in [0.1, 0.15) is 24.7 Å². The lowest BCUT2D eigenvalue weighted by atomic mass is 9.95. The van der Waals surface area contributed by atoms with Gasteiger partial charge in [-0.3, -0.25) is 9.59 Å². The number of ether oxygens (including phenoxy) is 4. The summed E-state index contributed by atoms with van der Waals surface area (Å²) in [6.45, 7) is 4.23. The van der Waals surface area contributed by atoms with Gasteiger partial charge in [-0.15, -0.1) is 0 Å². The molecule has 4 rings (SSSR count). The van der Waals surface area contributed by atoms with Crippen LogP contribution in [0.3, 0.4) is 0 Å². The number of methoxy groups -OCH3 is 1. The fourth-order valence-corrected chi connectivity index (χ4v) is 4.15. The number of likely N-dealkylation sites (tertiary alicyclic amines) is 1. The maximum atomic E-state index is 13.1. The zero-order valence-corrected chi connectivity index (χ0v) is 19.4. The van der Waals surface area contributed by atoms with E-state index in [9.17, 15) is 14.7 Å². The van der Waals surface area contributed by atoms with Crippen molar-refractivity contribution in [3.63, 3.8) is 0 Å². The monoisotopic (exact) mass is 467 g/mol. The molecule has 1 N–H and O–H groups in total. The Bertz CT molecular complexity index is 1080. The van der Waals surface area contributed by atoms with Crippen LogP contribution < -0.4 is 14.2 Å². The highest BCUT2D eigenvalue weighted by Gasteiger charge is 2.45. The maximum Gasteiger partial charge on any atom is 0.295 e. The van der Waals surface area contributed by atoms with Crippen LogP contribution in [-0.4, -0.2) is 61.8 Å². The van der Waals surface area contributed by atoms with E-state index in [-0.39, 0.29) is 11.3 Å². The Morgan fingerprint density at radius 3 is 2.50 bits per heavy atom. The molecule has 0 radical (unpaired) electrons. The molecule has 180 valence electrons. The first-order valence-electron chi connectivity index (χ1n) is 11.4. The average molecular weight is 468 g/mol. The van der Waals surface area contributed by atoms with E-state index >= 15 is 0 Å². The molecule has 1 unspecified atom stereocenters. The first-order valence-corrected chi connectivity index (χ1v) is 11.4. The summed E-state index contributed by atoms with van der Waals surface area (Å²) in [6.07, 6.45) is 1.44. The fraction of sp³-hybridized carbons (Fsp3) is 0.385. The molecule has 0 saturated carbocycles. The van der Waals surface area contributed by atoms with Crippen molar-refractivity contribution in [3.8, 4) is 17.2 Å². The third-order valence-corrected chi connectivity index (χ3v) is 5.77. The number of aliphatic hydroxyl groups excluding tert-OH is 1. The number of benzene rings is 2. The summed E-state index contributed by atoms with van der Waals surface area (Å²) in [7, 11) is 1.59. The number of nitrogens with zero attached hydrogens (tertiary/aromatic N) is 1. The van der Waals surface area contributed by atoms with Crippen LogP contribution in [0.1, 0.15) is 36.9 Å². The Morgan fingerprint density at radius 2 is 1.79 bits per heavy atom. The topological polar surface area (TPSA) is 94.5 Å². The highest BCUT2D eigenvalue weighted by molar-refractivity contribution is 6.46. The Hall–Kier alpha value is -3.52. The summed E-state index contributed by atoms with van der Waals surface area (Å²) in [4.78, 5) is 27.6. The Kier molecular flexibility index (Phi) is 7.37. The van der Waals surface area contributed by atoms with Crippen LogP contribution >= 0.6 is 0 Å². The van der Waals surface area contributed by atoms with Crippen molar-refractivity contribution in [1.29, 1.82) is 0 Å². The second-order valence-corrected chi connectivity index (χ2v) is 8.11. The van der Waals surface area contributed by atoms with Crippen molar-refractivity contribution in [2.75, 3.05) is 40.1 Å². The number of carbonyl (C=O) groups is 2. The van der Waals surface area contributed by atoms with E-state index in [0.717, 1.165) is 6.42 Å². The highest BCUT2D eigenvalue weighted by atomic mass is 16.6. The Morgan fingerprint density at radius 1 is 1.06 bits per heavy atom. The molecule has 1 atom stereocenters. The number of ketones is 1. The number of fused-ring (bicyclic) bond motifs is 1. The number of carbonyl (C=O) groups excluding carboxylic acids is 2. The Labute approximate surface area is 198 Å². The molecule has 2 aromatic carbocycles. The summed E-state index contributed by atoms with van der Waals surface area (Å²) in [5, 5.41) is 11.2. The molecule has 1 amide bonds. The van der Waals surface area contributed by atoms with Gasteiger partial charge in [-0.1, -0.05) is 19.1 Å². The van der Waals surface area contributed by atoms with E-state index in [2.05, 4.69) is 0 Å². The van der Waals surface area contributed by atoms with Gasteiger partial charge in [-0.25, -0.2) is 0 Å². The number of amides is 1. The van der Waals surface area contributed by atoms with Crippen molar-refractivity contribution in [1.82, 2.24) is 4.90 Å². The minimum atomic E-state index is -0.731. The van der Waals surface area contributed by atoms with E-state index in [4.69, 9.17) is 18.9 Å². The van der Waals surface area contributed by atoms with Gasteiger partial charge < -0.3 is 29.0 Å². The van der Waals surface area contributed by atoms with Crippen LogP contribution in [0.25, 0.3) is 5.76 Å². The van der Waals surface area contributed by atoms with Crippen molar-refractivity contribution in [2.24, 2.45) is 0 Å². The fourth-order valence-electron chi connectivity index (χ4n) is 4.15. The third-order valence-electron chi connectivity index (χ3n) is 5.77. The molecule has 0 spiro atoms. The zero-order valence-electron chi connectivity index (χ0n) is 19.4. The number of hydrogen-bond acceptors (Lipinski definition) is 7. The van der Waals surface area contributed by atoms with Gasteiger partial charge in [0.15, 0.2) is 11.5 Å². The van der Waals surface area contributed by atoms with E-state index in [1.165, 1.54) is 4.90 Å². The van der Waals surface area contributed by atoms with Crippen LogP contribution in [0, 0.1) is 0 Å². The van der Waals surface area contributed by atoms with Gasteiger partial charge in [0, 0.05) is 25.8 Å². The normalized spacial score (nSPS) is 18.9. The molecule has 2 aromatic rings. The van der Waals surface area contributed by atoms with Crippen LogP contribution in [-0.2, 0) is 14.3 Å². The molecule has 1 saturated heterocycles. The predicted molar refractivity (Wildman–Crippen MR) is 125 cm³/mol. The van der Waals surface area contributed by atoms with E-state index in [0.29, 0.717) is 67.8 Å². The van der Waals surface area contributed by atoms with Gasteiger partial charge >= 0.3 is 0 Å². The van der Waals surface area contributed by atoms with E-state index in [1.807, 2.05) is 31.2 Å². The second-order valence-electron chi connectivity index (χ2n) is 8.11. The minimum absolute atomic E-state index is 0.0429. The smallest absolute Gasteiger partial charge is 0.295 e. The molecule has 0 bridgehead atoms. The lowest BCUT2D eigenvalue weighted by Crippen LogP contribution is -2.31. The van der Waals surface area contributed by atoms with Gasteiger partial charge in [-0.2, -0.15) is 0 Å². The summed E-state index contributed by atoms with van der Waals surface area (Å²) in [5.41, 5.74) is 1.13. The summed E-state index contributed by atoms with van der Waals surface area (Å²) >= 11 is 0. The lowest BCUT2D eigenvalue weighted by Gasteiger charge is -2.25. The molecule has 34 heavy (non-hydrogen) atoms. The molecule has 2 heterocycles. The molecule has 2 aliphatic heterocycles. The quantitative estimate of drug-likeness (QED) is 0.260. The number of rotatable bonds is 9. The van der Waals surface area contributed by atoms with Crippen LogP contribution in [0.15, 0.2) is 48.0 Å². The third kappa shape index (κ3) is 4.72. The van der Waals surface area contributed by atoms with Gasteiger partial charge in [-0.05, 0) is 48.7 Å². The van der Waals surface area contributed by atoms with Crippen molar-refractivity contribution >= 4 is 17.4 Å². The molecule has 0 aliphatic carbocycles. The SMILES string of the molecule is CCCOc1ccc(C2C(=C(O)c3ccc4c(c3)OCCO4)C(=O)C(=O)N2CCCOC)cc1. The molecule has 8 heteroatoms.